The van der Waals surface area contributed by atoms with Gasteiger partial charge in [-0.1, -0.05) is 23.7 Å². The van der Waals surface area contributed by atoms with Crippen LogP contribution in [0, 0.1) is 0 Å². The van der Waals surface area contributed by atoms with Crippen molar-refractivity contribution in [1.82, 2.24) is 0 Å². The molecule has 80 valence electrons. The van der Waals surface area contributed by atoms with Gasteiger partial charge in [-0.2, -0.15) is 0 Å². The van der Waals surface area contributed by atoms with Crippen molar-refractivity contribution in [3.05, 3.63) is 41.2 Å². The lowest BCUT2D eigenvalue weighted by Gasteiger charge is -2.05. The molecule has 0 spiro atoms. The van der Waals surface area contributed by atoms with E-state index >= 15 is 0 Å². The summed E-state index contributed by atoms with van der Waals surface area (Å²) in [4.78, 5) is 11.3. The maximum absolute atomic E-state index is 12.5. The zero-order valence-electron chi connectivity index (χ0n) is 8.17. The van der Waals surface area contributed by atoms with Crippen LogP contribution in [0.2, 0.25) is 5.02 Å². The Labute approximate surface area is 92.3 Å². The first kappa shape index (κ1) is 11.7. The van der Waals surface area contributed by atoms with Gasteiger partial charge in [-0.15, -0.1) is 0 Å². The van der Waals surface area contributed by atoms with Crippen LogP contribution in [0.5, 0.6) is 0 Å². The molecule has 1 aromatic carbocycles. The molecule has 0 saturated carbocycles. The number of benzene rings is 1. The van der Waals surface area contributed by atoms with Crippen LogP contribution in [0.4, 0.5) is 4.39 Å². The summed E-state index contributed by atoms with van der Waals surface area (Å²) in [6, 6.07) is 6.29. The Kier molecular flexibility index (Phi) is 4.31. The average Bonchev–Trinajstić information content (AvgIpc) is 2.22. The number of halogens is 2. The molecule has 0 aliphatic carbocycles. The molecule has 0 fully saturated rings. The maximum Gasteiger partial charge on any atom is 0.341 e. The number of hydrogen-bond acceptors (Lipinski definition) is 2. The lowest BCUT2D eigenvalue weighted by Crippen LogP contribution is -2.06. The molecule has 0 N–H and O–H groups in total. The number of esters is 1. The van der Waals surface area contributed by atoms with Crippen molar-refractivity contribution in [2.45, 2.75) is 6.92 Å². The first-order valence-electron chi connectivity index (χ1n) is 4.42. The zero-order valence-corrected chi connectivity index (χ0v) is 8.92. The third kappa shape index (κ3) is 3.06. The molecule has 2 nitrogen and oxygen atoms in total. The van der Waals surface area contributed by atoms with Crippen molar-refractivity contribution in [1.29, 1.82) is 0 Å². The van der Waals surface area contributed by atoms with E-state index in [-0.39, 0.29) is 18.5 Å². The predicted molar refractivity (Wildman–Crippen MR) is 57.2 cm³/mol. The first-order valence-corrected chi connectivity index (χ1v) is 4.80. The lowest BCUT2D eigenvalue weighted by atomic mass is 10.1. The highest BCUT2D eigenvalue weighted by Gasteiger charge is 2.12. The molecule has 0 atom stereocenters. The summed E-state index contributed by atoms with van der Waals surface area (Å²) in [6.45, 7) is 1.87. The van der Waals surface area contributed by atoms with Crippen molar-refractivity contribution in [2.24, 2.45) is 0 Å². The number of carbonyl (C=O) groups excluding carboxylic acids is 1. The van der Waals surface area contributed by atoms with Gasteiger partial charge >= 0.3 is 5.97 Å². The third-order valence-electron chi connectivity index (χ3n) is 1.76. The molecule has 4 heteroatoms. The van der Waals surface area contributed by atoms with Gasteiger partial charge < -0.3 is 4.74 Å². The average molecular weight is 229 g/mol. The summed E-state index contributed by atoms with van der Waals surface area (Å²) in [5.74, 6) is -0.678. The van der Waals surface area contributed by atoms with Crippen LogP contribution in [-0.2, 0) is 9.53 Å². The summed E-state index contributed by atoms with van der Waals surface area (Å²) in [7, 11) is 0. The molecule has 15 heavy (non-hydrogen) atoms. The Morgan fingerprint density at radius 3 is 2.53 bits per heavy atom. The molecule has 0 unspecified atom stereocenters. The van der Waals surface area contributed by atoms with Gasteiger partial charge in [-0.05, 0) is 24.6 Å². The maximum atomic E-state index is 12.5. The summed E-state index contributed by atoms with van der Waals surface area (Å²) in [5, 5.41) is 0.529. The number of ether oxygens (including phenoxy) is 1. The van der Waals surface area contributed by atoms with Crippen LogP contribution >= 0.6 is 11.6 Å². The third-order valence-corrected chi connectivity index (χ3v) is 2.01. The highest BCUT2D eigenvalue weighted by Crippen LogP contribution is 2.19. The van der Waals surface area contributed by atoms with Crippen LogP contribution in [0.25, 0.3) is 5.57 Å². The summed E-state index contributed by atoms with van der Waals surface area (Å²) in [6.07, 6.45) is 0.237. The van der Waals surface area contributed by atoms with Gasteiger partial charge in [0.15, 0.2) is 0 Å². The first-order chi connectivity index (χ1) is 7.19. The fourth-order valence-electron chi connectivity index (χ4n) is 1.06. The summed E-state index contributed by atoms with van der Waals surface area (Å²) in [5.41, 5.74) is 0.342. The van der Waals surface area contributed by atoms with Crippen molar-refractivity contribution in [3.63, 3.8) is 0 Å². The van der Waals surface area contributed by atoms with Crippen molar-refractivity contribution in [3.8, 4) is 0 Å². The van der Waals surface area contributed by atoms with Crippen molar-refractivity contribution < 1.29 is 13.9 Å². The van der Waals surface area contributed by atoms with E-state index in [1.807, 2.05) is 0 Å². The molecule has 1 aromatic rings. The Morgan fingerprint density at radius 2 is 2.07 bits per heavy atom. The smallest absolute Gasteiger partial charge is 0.341 e. The molecule has 0 bridgehead atoms. The van der Waals surface area contributed by atoms with Gasteiger partial charge in [0.2, 0.25) is 0 Å². The number of hydrogen-bond donors (Lipinski definition) is 0. The van der Waals surface area contributed by atoms with E-state index in [2.05, 4.69) is 0 Å². The molecule has 0 heterocycles. The van der Waals surface area contributed by atoms with E-state index in [9.17, 15) is 9.18 Å². The van der Waals surface area contributed by atoms with E-state index in [0.717, 1.165) is 0 Å². The molecule has 0 saturated heterocycles. The molecular weight excluding hydrogens is 219 g/mol. The molecular formula is C11H10ClFO2. The van der Waals surface area contributed by atoms with Gasteiger partial charge in [-0.25, -0.2) is 9.18 Å². The van der Waals surface area contributed by atoms with E-state index in [1.165, 1.54) is 0 Å². The van der Waals surface area contributed by atoms with E-state index in [4.69, 9.17) is 16.3 Å². The Balaban J connectivity index is 2.94. The SMILES string of the molecule is CCOC(=O)C(=CF)c1ccc(Cl)cc1. The van der Waals surface area contributed by atoms with Gasteiger partial charge in [-0.3, -0.25) is 0 Å². The molecule has 0 amide bonds. The minimum Gasteiger partial charge on any atom is -0.462 e. The molecule has 0 aliphatic rings. The second-order valence-electron chi connectivity index (χ2n) is 2.75. The molecule has 0 radical (unpaired) electrons. The van der Waals surface area contributed by atoms with Gasteiger partial charge in [0, 0.05) is 5.02 Å². The number of rotatable bonds is 3. The fraction of sp³-hybridized carbons (Fsp3) is 0.182. The molecule has 0 aromatic heterocycles. The van der Waals surface area contributed by atoms with E-state index in [0.29, 0.717) is 10.6 Å². The van der Waals surface area contributed by atoms with Gasteiger partial charge in [0.05, 0.1) is 12.2 Å². The van der Waals surface area contributed by atoms with Crippen molar-refractivity contribution in [2.75, 3.05) is 6.61 Å². The highest BCUT2D eigenvalue weighted by atomic mass is 35.5. The predicted octanol–water partition coefficient (Wildman–Crippen LogP) is 3.21. The van der Waals surface area contributed by atoms with E-state index < -0.39 is 5.97 Å². The second kappa shape index (κ2) is 5.51. The van der Waals surface area contributed by atoms with E-state index in [1.54, 1.807) is 31.2 Å². The second-order valence-corrected chi connectivity index (χ2v) is 3.19. The van der Waals surface area contributed by atoms with Crippen LogP contribution in [0.3, 0.4) is 0 Å². The molecule has 1 rings (SSSR count). The Bertz CT molecular complexity index is 371. The summed E-state index contributed by atoms with van der Waals surface area (Å²) < 4.78 is 17.2. The summed E-state index contributed by atoms with van der Waals surface area (Å²) >= 11 is 5.67. The number of carbonyl (C=O) groups is 1. The van der Waals surface area contributed by atoms with Crippen molar-refractivity contribution >= 4 is 23.1 Å². The quantitative estimate of drug-likeness (QED) is 0.587. The minimum atomic E-state index is -0.678. The standard InChI is InChI=1S/C11H10ClFO2/c1-2-15-11(14)10(7-13)8-3-5-9(12)6-4-8/h3-7H,2H2,1H3. The Morgan fingerprint density at radius 1 is 1.47 bits per heavy atom. The van der Waals surface area contributed by atoms with Crippen LogP contribution in [0.1, 0.15) is 12.5 Å². The molecule has 0 aliphatic heterocycles. The van der Waals surface area contributed by atoms with Crippen LogP contribution in [0.15, 0.2) is 30.6 Å². The topological polar surface area (TPSA) is 26.3 Å². The largest absolute Gasteiger partial charge is 0.462 e. The zero-order chi connectivity index (χ0) is 11.3. The Hall–Kier alpha value is -1.35. The van der Waals surface area contributed by atoms with Crippen LogP contribution < -0.4 is 0 Å². The highest BCUT2D eigenvalue weighted by molar-refractivity contribution is 6.30. The minimum absolute atomic E-state index is 0.103. The van der Waals surface area contributed by atoms with Crippen LogP contribution in [-0.4, -0.2) is 12.6 Å². The fourth-order valence-corrected chi connectivity index (χ4v) is 1.19. The normalized spacial score (nSPS) is 11.3. The monoisotopic (exact) mass is 228 g/mol. The lowest BCUT2D eigenvalue weighted by molar-refractivity contribution is -0.136. The van der Waals surface area contributed by atoms with Gasteiger partial charge in [0.1, 0.15) is 6.33 Å². The van der Waals surface area contributed by atoms with Gasteiger partial charge in [0.25, 0.3) is 0 Å².